The third-order valence-electron chi connectivity index (χ3n) is 6.77. The zero-order chi connectivity index (χ0) is 28.4. The maximum Gasteiger partial charge on any atom is 0.319 e. The van der Waals surface area contributed by atoms with Gasteiger partial charge in [0.2, 0.25) is 12.3 Å². The van der Waals surface area contributed by atoms with Crippen LogP contribution in [0.3, 0.4) is 0 Å². The Morgan fingerprint density at radius 2 is 1.85 bits per heavy atom. The van der Waals surface area contributed by atoms with Crippen LogP contribution in [0.2, 0.25) is 5.02 Å². The molecule has 1 aliphatic rings. The molecule has 9 nitrogen and oxygen atoms in total. The molecule has 4 rings (SSSR count). The Balaban J connectivity index is 1.98. The first-order chi connectivity index (χ1) is 18.6. The minimum Gasteiger partial charge on any atom is -0.480 e. The average molecular weight is 572 g/mol. The molecule has 2 aromatic heterocycles. The summed E-state index contributed by atoms with van der Waals surface area (Å²) in [4.78, 5) is 37.1. The lowest BCUT2D eigenvalue weighted by molar-refractivity contribution is -0.129. The summed E-state index contributed by atoms with van der Waals surface area (Å²) in [6.07, 6.45) is 4.11. The van der Waals surface area contributed by atoms with Gasteiger partial charge in [-0.2, -0.15) is 4.98 Å². The van der Waals surface area contributed by atoms with Crippen LogP contribution in [-0.2, 0) is 9.59 Å². The summed E-state index contributed by atoms with van der Waals surface area (Å²) < 4.78 is 12.9. The minimum absolute atomic E-state index is 0.0199. The van der Waals surface area contributed by atoms with Crippen LogP contribution >= 0.6 is 23.2 Å². The summed E-state index contributed by atoms with van der Waals surface area (Å²) in [7, 11) is 4.71. The van der Waals surface area contributed by atoms with Gasteiger partial charge >= 0.3 is 6.01 Å². The number of rotatable bonds is 9. The van der Waals surface area contributed by atoms with Crippen LogP contribution in [0.25, 0.3) is 11.3 Å². The van der Waals surface area contributed by atoms with Crippen molar-refractivity contribution >= 4 is 35.5 Å². The molecule has 0 radical (unpaired) electrons. The standard InChI is InChI=1S/C28H31Cl2N5O4/c1-16(2)35-23(21-13-31-28(39-6)32-26(21)38-5)11-17(3)24(35)25(18-7-9-19(29)10-8-18)34(15-36)20-12-22(30)27(37)33(4)14-20/h7-13,15-16,20,25H,14H2,1-6H3/t20?,25-/m0/s1. The molecule has 0 N–H and O–H groups in total. The Labute approximate surface area is 237 Å². The molecule has 0 fully saturated rings. The van der Waals surface area contributed by atoms with E-state index in [0.29, 0.717) is 23.0 Å². The minimum atomic E-state index is -0.534. The number of carbonyl (C=O) groups is 2. The molecular weight excluding hydrogens is 541 g/mol. The number of benzene rings is 1. The van der Waals surface area contributed by atoms with Gasteiger partial charge in [0, 0.05) is 36.5 Å². The second-order valence-corrected chi connectivity index (χ2v) is 10.5. The lowest BCUT2D eigenvalue weighted by atomic mass is 9.97. The smallest absolute Gasteiger partial charge is 0.319 e. The molecule has 0 saturated heterocycles. The number of aromatic nitrogens is 3. The molecule has 0 aliphatic carbocycles. The topological polar surface area (TPSA) is 89.8 Å². The van der Waals surface area contributed by atoms with Crippen LogP contribution in [0.15, 0.2) is 47.6 Å². The highest BCUT2D eigenvalue weighted by Gasteiger charge is 2.36. The Morgan fingerprint density at radius 1 is 1.15 bits per heavy atom. The van der Waals surface area contributed by atoms with E-state index in [1.807, 2.05) is 25.1 Å². The number of hydrogen-bond acceptors (Lipinski definition) is 6. The van der Waals surface area contributed by atoms with Crippen LogP contribution in [0, 0.1) is 6.92 Å². The van der Waals surface area contributed by atoms with Crippen LogP contribution in [0.5, 0.6) is 11.9 Å². The molecule has 0 spiro atoms. The first-order valence-corrected chi connectivity index (χ1v) is 13.1. The maximum absolute atomic E-state index is 12.9. The molecule has 2 amide bonds. The van der Waals surface area contributed by atoms with Gasteiger partial charge in [-0.3, -0.25) is 9.59 Å². The third kappa shape index (κ3) is 5.46. The molecule has 206 valence electrons. The van der Waals surface area contributed by atoms with E-state index in [2.05, 4.69) is 28.4 Å². The zero-order valence-electron chi connectivity index (χ0n) is 22.7. The summed E-state index contributed by atoms with van der Waals surface area (Å²) in [5, 5.41) is 0.657. The number of carbonyl (C=O) groups excluding carboxylic acids is 2. The Kier molecular flexibility index (Phi) is 8.51. The highest BCUT2D eigenvalue weighted by Crippen LogP contribution is 2.41. The van der Waals surface area contributed by atoms with Crippen molar-refractivity contribution in [3.05, 3.63) is 69.5 Å². The van der Waals surface area contributed by atoms with Gasteiger partial charge in [-0.1, -0.05) is 35.3 Å². The zero-order valence-corrected chi connectivity index (χ0v) is 24.2. The van der Waals surface area contributed by atoms with Crippen LogP contribution < -0.4 is 9.47 Å². The summed E-state index contributed by atoms with van der Waals surface area (Å²) in [5.74, 6) is 0.0858. The molecule has 1 aromatic carbocycles. The Bertz CT molecular complexity index is 1400. The lowest BCUT2D eigenvalue weighted by Crippen LogP contribution is -2.48. The number of methoxy groups -OCH3 is 2. The van der Waals surface area contributed by atoms with Crippen molar-refractivity contribution in [2.45, 2.75) is 38.9 Å². The van der Waals surface area contributed by atoms with E-state index in [-0.39, 0.29) is 23.0 Å². The fourth-order valence-corrected chi connectivity index (χ4v) is 5.44. The van der Waals surface area contributed by atoms with Crippen molar-refractivity contribution in [1.29, 1.82) is 0 Å². The average Bonchev–Trinajstić information content (AvgIpc) is 3.26. The summed E-state index contributed by atoms with van der Waals surface area (Å²) >= 11 is 12.5. The van der Waals surface area contributed by atoms with E-state index in [1.165, 1.54) is 12.0 Å². The van der Waals surface area contributed by atoms with Gasteiger partial charge in [-0.15, -0.1) is 0 Å². The van der Waals surface area contributed by atoms with Crippen molar-refractivity contribution in [3.8, 4) is 23.1 Å². The van der Waals surface area contributed by atoms with Gasteiger partial charge in [-0.05, 0) is 56.2 Å². The number of hydrogen-bond donors (Lipinski definition) is 0. The maximum atomic E-state index is 12.9. The van der Waals surface area contributed by atoms with Crippen LogP contribution in [0.4, 0.5) is 0 Å². The van der Waals surface area contributed by atoms with E-state index < -0.39 is 12.1 Å². The SMILES string of the molecule is COc1ncc(-c2cc(C)c([C@H](c3ccc(Cl)cc3)N(C=O)C3C=C(Cl)C(=O)N(C)C3)n2C(C)C)c(OC)n1. The number of halogens is 2. The van der Waals surface area contributed by atoms with Gasteiger partial charge in [0.05, 0.1) is 37.6 Å². The largest absolute Gasteiger partial charge is 0.480 e. The van der Waals surface area contributed by atoms with Gasteiger partial charge < -0.3 is 23.8 Å². The normalized spacial score (nSPS) is 16.2. The summed E-state index contributed by atoms with van der Waals surface area (Å²) in [5.41, 5.74) is 4.18. The Morgan fingerprint density at radius 3 is 2.41 bits per heavy atom. The van der Waals surface area contributed by atoms with Gasteiger partial charge in [0.25, 0.3) is 5.91 Å². The molecule has 3 heterocycles. The van der Waals surface area contributed by atoms with Crippen molar-refractivity contribution in [2.24, 2.45) is 0 Å². The van der Waals surface area contributed by atoms with E-state index in [4.69, 9.17) is 32.7 Å². The van der Waals surface area contributed by atoms with Crippen LogP contribution in [0.1, 0.15) is 42.8 Å². The lowest BCUT2D eigenvalue weighted by Gasteiger charge is -2.39. The quantitative estimate of drug-likeness (QED) is 0.335. The van der Waals surface area contributed by atoms with Gasteiger partial charge in [0.1, 0.15) is 5.03 Å². The molecule has 11 heteroatoms. The number of amides is 2. The monoisotopic (exact) mass is 571 g/mol. The van der Waals surface area contributed by atoms with E-state index in [1.54, 1.807) is 43.5 Å². The summed E-state index contributed by atoms with van der Waals surface area (Å²) in [6.45, 7) is 6.43. The molecule has 2 atom stereocenters. The van der Waals surface area contributed by atoms with Crippen molar-refractivity contribution < 1.29 is 19.1 Å². The van der Waals surface area contributed by atoms with E-state index in [9.17, 15) is 9.59 Å². The second kappa shape index (κ2) is 11.7. The van der Waals surface area contributed by atoms with Crippen LogP contribution in [-0.4, -0.2) is 70.5 Å². The predicted octanol–water partition coefficient (Wildman–Crippen LogP) is 5.02. The second-order valence-electron chi connectivity index (χ2n) is 9.62. The fourth-order valence-electron chi connectivity index (χ4n) is 5.03. The molecular formula is C28H31Cl2N5O4. The highest BCUT2D eigenvalue weighted by atomic mass is 35.5. The first kappa shape index (κ1) is 28.4. The van der Waals surface area contributed by atoms with Crippen molar-refractivity contribution in [3.63, 3.8) is 0 Å². The highest BCUT2D eigenvalue weighted by molar-refractivity contribution is 6.42. The fraction of sp³-hybridized carbons (Fsp3) is 0.357. The summed E-state index contributed by atoms with van der Waals surface area (Å²) in [6, 6.07) is 8.62. The number of likely N-dealkylation sites (N-methyl/N-ethyl adjacent to an activating group) is 1. The molecule has 0 saturated carbocycles. The number of nitrogens with zero attached hydrogens (tertiary/aromatic N) is 5. The Hall–Kier alpha value is -3.56. The molecule has 0 bridgehead atoms. The molecule has 1 aliphatic heterocycles. The molecule has 3 aromatic rings. The van der Waals surface area contributed by atoms with Crippen molar-refractivity contribution in [1.82, 2.24) is 24.3 Å². The first-order valence-electron chi connectivity index (χ1n) is 12.4. The van der Waals surface area contributed by atoms with Gasteiger partial charge in [0.15, 0.2) is 0 Å². The van der Waals surface area contributed by atoms with E-state index >= 15 is 0 Å². The molecule has 39 heavy (non-hydrogen) atoms. The number of ether oxygens (including phenoxy) is 2. The number of aryl methyl sites for hydroxylation is 1. The van der Waals surface area contributed by atoms with Crippen molar-refractivity contribution in [2.75, 3.05) is 27.8 Å². The predicted molar refractivity (Wildman–Crippen MR) is 150 cm³/mol. The van der Waals surface area contributed by atoms with E-state index in [0.717, 1.165) is 28.9 Å². The molecule has 1 unspecified atom stereocenters. The third-order valence-corrected chi connectivity index (χ3v) is 7.31. The van der Waals surface area contributed by atoms with Gasteiger partial charge in [-0.25, -0.2) is 4.98 Å².